The SMILES string of the molecule is COc1cc(C(Cc2cccc(Br)c2)C(=O)O)ncn1. The molecule has 104 valence electrons. The van der Waals surface area contributed by atoms with Crippen molar-refractivity contribution in [1.29, 1.82) is 0 Å². The first-order valence-electron chi connectivity index (χ1n) is 5.93. The van der Waals surface area contributed by atoms with E-state index in [2.05, 4.69) is 25.9 Å². The molecule has 1 unspecified atom stereocenters. The predicted molar refractivity (Wildman–Crippen MR) is 76.8 cm³/mol. The minimum atomic E-state index is -0.925. The predicted octanol–water partition coefficient (Wildman–Crippen LogP) is 2.66. The summed E-state index contributed by atoms with van der Waals surface area (Å²) in [6, 6.07) is 9.11. The third-order valence-electron chi connectivity index (χ3n) is 2.86. The van der Waals surface area contributed by atoms with Crippen molar-refractivity contribution in [2.45, 2.75) is 12.3 Å². The van der Waals surface area contributed by atoms with Gasteiger partial charge in [0.1, 0.15) is 12.2 Å². The fraction of sp³-hybridized carbons (Fsp3) is 0.214. The van der Waals surface area contributed by atoms with Crippen molar-refractivity contribution in [3.63, 3.8) is 0 Å². The normalized spacial score (nSPS) is 11.9. The molecule has 0 aliphatic heterocycles. The molecule has 0 spiro atoms. The van der Waals surface area contributed by atoms with Crippen LogP contribution < -0.4 is 4.74 Å². The highest BCUT2D eigenvalue weighted by molar-refractivity contribution is 9.10. The van der Waals surface area contributed by atoms with Crippen LogP contribution in [0.1, 0.15) is 17.2 Å². The van der Waals surface area contributed by atoms with Crippen LogP contribution in [0.3, 0.4) is 0 Å². The minimum Gasteiger partial charge on any atom is -0.481 e. The lowest BCUT2D eigenvalue weighted by Gasteiger charge is -2.12. The molecule has 0 aliphatic rings. The zero-order chi connectivity index (χ0) is 14.5. The van der Waals surface area contributed by atoms with Crippen LogP contribution in [0.15, 0.2) is 41.1 Å². The van der Waals surface area contributed by atoms with Crippen LogP contribution in [0.25, 0.3) is 0 Å². The van der Waals surface area contributed by atoms with Gasteiger partial charge in [0, 0.05) is 10.5 Å². The number of aliphatic carboxylic acids is 1. The van der Waals surface area contributed by atoms with Gasteiger partial charge in [-0.25, -0.2) is 9.97 Å². The van der Waals surface area contributed by atoms with E-state index in [4.69, 9.17) is 4.74 Å². The Bertz CT molecular complexity index is 619. The monoisotopic (exact) mass is 336 g/mol. The molecule has 2 rings (SSSR count). The molecular formula is C14H13BrN2O3. The van der Waals surface area contributed by atoms with Crippen molar-refractivity contribution < 1.29 is 14.6 Å². The molecule has 20 heavy (non-hydrogen) atoms. The number of benzene rings is 1. The number of ether oxygens (including phenoxy) is 1. The lowest BCUT2D eigenvalue weighted by atomic mass is 9.96. The summed E-state index contributed by atoms with van der Waals surface area (Å²) in [5.74, 6) is -1.30. The van der Waals surface area contributed by atoms with Crippen molar-refractivity contribution in [2.75, 3.05) is 7.11 Å². The van der Waals surface area contributed by atoms with Crippen LogP contribution >= 0.6 is 15.9 Å². The van der Waals surface area contributed by atoms with Crippen LogP contribution in [0.2, 0.25) is 0 Å². The lowest BCUT2D eigenvalue weighted by Crippen LogP contribution is -2.16. The maximum atomic E-state index is 11.5. The van der Waals surface area contributed by atoms with Gasteiger partial charge >= 0.3 is 5.97 Å². The summed E-state index contributed by atoms with van der Waals surface area (Å²) >= 11 is 3.38. The Morgan fingerprint density at radius 1 is 1.40 bits per heavy atom. The number of carboxylic acids is 1. The average molecular weight is 337 g/mol. The van der Waals surface area contributed by atoms with Crippen LogP contribution in [0.4, 0.5) is 0 Å². The number of carboxylic acid groups (broad SMARTS) is 1. The molecular weight excluding hydrogens is 324 g/mol. The Balaban J connectivity index is 2.29. The van der Waals surface area contributed by atoms with E-state index in [1.807, 2.05) is 24.3 Å². The second-order valence-corrected chi connectivity index (χ2v) is 5.13. The van der Waals surface area contributed by atoms with E-state index in [0.717, 1.165) is 10.0 Å². The third kappa shape index (κ3) is 3.54. The molecule has 1 atom stereocenters. The second kappa shape index (κ2) is 6.47. The first kappa shape index (κ1) is 14.5. The summed E-state index contributed by atoms with van der Waals surface area (Å²) in [4.78, 5) is 19.4. The smallest absolute Gasteiger partial charge is 0.312 e. The van der Waals surface area contributed by atoms with E-state index >= 15 is 0 Å². The molecule has 0 saturated heterocycles. The Hall–Kier alpha value is -1.95. The molecule has 1 heterocycles. The molecule has 0 aliphatic carbocycles. The van der Waals surface area contributed by atoms with Crippen LogP contribution in [0, 0.1) is 0 Å². The summed E-state index contributed by atoms with van der Waals surface area (Å²) in [5, 5.41) is 9.41. The van der Waals surface area contributed by atoms with Gasteiger partial charge in [0.25, 0.3) is 0 Å². The Morgan fingerprint density at radius 2 is 2.20 bits per heavy atom. The van der Waals surface area contributed by atoms with Gasteiger partial charge in [-0.1, -0.05) is 28.1 Å². The molecule has 6 heteroatoms. The maximum Gasteiger partial charge on any atom is 0.312 e. The largest absolute Gasteiger partial charge is 0.481 e. The Labute approximate surface area is 124 Å². The Morgan fingerprint density at radius 3 is 2.85 bits per heavy atom. The van der Waals surface area contributed by atoms with Crippen LogP contribution in [0.5, 0.6) is 5.88 Å². The third-order valence-corrected chi connectivity index (χ3v) is 3.35. The molecule has 0 saturated carbocycles. The van der Waals surface area contributed by atoms with Crippen molar-refractivity contribution >= 4 is 21.9 Å². The summed E-state index contributed by atoms with van der Waals surface area (Å²) < 4.78 is 5.92. The van der Waals surface area contributed by atoms with Gasteiger partial charge in [-0.2, -0.15) is 0 Å². The van der Waals surface area contributed by atoms with E-state index in [-0.39, 0.29) is 0 Å². The van der Waals surface area contributed by atoms with E-state index in [0.29, 0.717) is 18.0 Å². The molecule has 1 N–H and O–H groups in total. The van der Waals surface area contributed by atoms with E-state index in [1.165, 1.54) is 13.4 Å². The van der Waals surface area contributed by atoms with Crippen molar-refractivity contribution in [1.82, 2.24) is 9.97 Å². The summed E-state index contributed by atoms with van der Waals surface area (Å²) in [5.41, 5.74) is 1.36. The zero-order valence-electron chi connectivity index (χ0n) is 10.8. The van der Waals surface area contributed by atoms with Gasteiger partial charge in [-0.15, -0.1) is 0 Å². The van der Waals surface area contributed by atoms with Crippen LogP contribution in [-0.2, 0) is 11.2 Å². The highest BCUT2D eigenvalue weighted by Gasteiger charge is 2.22. The number of hydrogen-bond acceptors (Lipinski definition) is 4. The van der Waals surface area contributed by atoms with Gasteiger partial charge in [0.2, 0.25) is 5.88 Å². The minimum absolute atomic E-state index is 0.356. The lowest BCUT2D eigenvalue weighted by molar-refractivity contribution is -0.138. The van der Waals surface area contributed by atoms with Crippen molar-refractivity contribution in [2.24, 2.45) is 0 Å². The molecule has 0 radical (unpaired) electrons. The average Bonchev–Trinajstić information content (AvgIpc) is 2.44. The van der Waals surface area contributed by atoms with Gasteiger partial charge < -0.3 is 9.84 Å². The number of hydrogen-bond donors (Lipinski definition) is 1. The number of aromatic nitrogens is 2. The highest BCUT2D eigenvalue weighted by atomic mass is 79.9. The van der Waals surface area contributed by atoms with E-state index in [9.17, 15) is 9.90 Å². The van der Waals surface area contributed by atoms with E-state index < -0.39 is 11.9 Å². The summed E-state index contributed by atoms with van der Waals surface area (Å²) in [7, 11) is 1.48. The Kier molecular flexibility index (Phi) is 4.68. The molecule has 2 aromatic rings. The highest BCUT2D eigenvalue weighted by Crippen LogP contribution is 2.23. The van der Waals surface area contributed by atoms with Gasteiger partial charge in [-0.3, -0.25) is 4.79 Å². The summed E-state index contributed by atoms with van der Waals surface area (Å²) in [6.45, 7) is 0. The molecule has 1 aromatic heterocycles. The number of halogens is 1. The number of nitrogens with zero attached hydrogens (tertiary/aromatic N) is 2. The maximum absolute atomic E-state index is 11.5. The number of carbonyl (C=O) groups is 1. The van der Waals surface area contributed by atoms with Gasteiger partial charge in [0.05, 0.1) is 12.8 Å². The summed E-state index contributed by atoms with van der Waals surface area (Å²) in [6.07, 6.45) is 1.67. The fourth-order valence-electron chi connectivity index (χ4n) is 1.87. The van der Waals surface area contributed by atoms with Crippen molar-refractivity contribution in [3.8, 4) is 5.88 Å². The first-order chi connectivity index (χ1) is 9.60. The van der Waals surface area contributed by atoms with Gasteiger partial charge in [-0.05, 0) is 24.1 Å². The molecule has 0 bridgehead atoms. The quantitative estimate of drug-likeness (QED) is 0.908. The molecule has 5 nitrogen and oxygen atoms in total. The topological polar surface area (TPSA) is 72.3 Å². The van der Waals surface area contributed by atoms with Crippen molar-refractivity contribution in [3.05, 3.63) is 52.4 Å². The second-order valence-electron chi connectivity index (χ2n) is 4.21. The standard InChI is InChI=1S/C14H13BrN2O3/c1-20-13-7-12(16-8-17-13)11(14(18)19)6-9-3-2-4-10(15)5-9/h2-5,7-8,11H,6H2,1H3,(H,18,19). The fourth-order valence-corrected chi connectivity index (χ4v) is 2.32. The zero-order valence-corrected chi connectivity index (χ0v) is 12.4. The van der Waals surface area contributed by atoms with E-state index in [1.54, 1.807) is 6.07 Å². The molecule has 0 fully saturated rings. The number of rotatable bonds is 5. The molecule has 1 aromatic carbocycles. The first-order valence-corrected chi connectivity index (χ1v) is 6.72. The van der Waals surface area contributed by atoms with Gasteiger partial charge in [0.15, 0.2) is 0 Å². The molecule has 0 amide bonds. The number of methoxy groups -OCH3 is 1. The van der Waals surface area contributed by atoms with Crippen LogP contribution in [-0.4, -0.2) is 28.2 Å².